The number of carboxylic acid groups (broad SMARTS) is 1. The van der Waals surface area contributed by atoms with Crippen molar-refractivity contribution in [2.24, 2.45) is 0 Å². The second-order valence-electron chi connectivity index (χ2n) is 18.4. The molecule has 2 unspecified atom stereocenters. The summed E-state index contributed by atoms with van der Waals surface area (Å²) in [5.41, 5.74) is 0. The molecule has 0 radical (unpaired) electrons. The Kier molecular flexibility index (Phi) is 44.0. The molecule has 0 saturated carbocycles. The molecule has 8 nitrogen and oxygen atoms in total. The quantitative estimate of drug-likeness (QED) is 0.0281. The number of likely N-dealkylation sites (N-methyl/N-ethyl adjacent to an activating group) is 1. The third kappa shape index (κ3) is 44.0. The number of hydrogen-bond donors (Lipinski definition) is 1. The number of carboxylic acids is 1. The summed E-state index contributed by atoms with van der Waals surface area (Å²) in [6.07, 6.45) is 59.5. The molecule has 0 aliphatic rings. The van der Waals surface area contributed by atoms with Crippen LogP contribution in [0.2, 0.25) is 0 Å². The van der Waals surface area contributed by atoms with Gasteiger partial charge in [-0.05, 0) is 77.0 Å². The molecule has 0 aliphatic heterocycles. The van der Waals surface area contributed by atoms with Crippen LogP contribution in [0.1, 0.15) is 213 Å². The number of ether oxygens (including phenoxy) is 3. The lowest BCUT2D eigenvalue weighted by atomic mass is 10.0. The fourth-order valence-electron chi connectivity index (χ4n) is 7.42. The van der Waals surface area contributed by atoms with Crippen molar-refractivity contribution in [3.63, 3.8) is 0 Å². The number of unbranched alkanes of at least 4 members (excludes halogenated alkanes) is 20. The first kappa shape index (κ1) is 60.8. The van der Waals surface area contributed by atoms with Gasteiger partial charge in [0.2, 0.25) is 0 Å². The second kappa shape index (κ2) is 46.3. The van der Waals surface area contributed by atoms with Crippen molar-refractivity contribution in [2.45, 2.75) is 225 Å². The van der Waals surface area contributed by atoms with E-state index in [2.05, 4.69) is 86.8 Å². The molecule has 0 rings (SSSR count). The number of nitrogens with zero attached hydrogens (tertiary/aromatic N) is 1. The van der Waals surface area contributed by atoms with Crippen LogP contribution < -0.4 is 0 Å². The standard InChI is InChI=1S/C56H97NO7/c1-6-8-10-12-14-16-18-20-22-24-26-28-30-32-34-36-38-40-42-44-46-54(58)63-51-52(50-62-49-48-53(56(60)61)57(3,4)5)64-55(59)47-45-43-41-39-37-35-33-31-29-27-25-23-21-19-17-15-13-11-9-7-2/h8-11,14-17,20-23,52-53H,6-7,12-13,18-19,24-51H2,1-5H3/p+1/b10-8+,11-9+,16-14+,17-15+,22-20+,23-21+. The summed E-state index contributed by atoms with van der Waals surface area (Å²) in [4.78, 5) is 37.2. The van der Waals surface area contributed by atoms with E-state index in [9.17, 15) is 19.5 Å². The number of esters is 2. The average Bonchev–Trinajstić information content (AvgIpc) is 3.26. The summed E-state index contributed by atoms with van der Waals surface area (Å²) in [7, 11) is 5.53. The molecule has 0 amide bonds. The first-order valence-corrected chi connectivity index (χ1v) is 26.0. The summed E-state index contributed by atoms with van der Waals surface area (Å²) in [6.45, 7) is 4.52. The lowest BCUT2D eigenvalue weighted by Crippen LogP contribution is -2.50. The molecule has 0 spiro atoms. The Balaban J connectivity index is 4.24. The molecule has 368 valence electrons. The van der Waals surface area contributed by atoms with Gasteiger partial charge in [-0.3, -0.25) is 9.59 Å². The van der Waals surface area contributed by atoms with Crippen LogP contribution >= 0.6 is 0 Å². The minimum absolute atomic E-state index is 0.0563. The van der Waals surface area contributed by atoms with Gasteiger partial charge in [0.15, 0.2) is 12.1 Å². The topological polar surface area (TPSA) is 99.1 Å². The summed E-state index contributed by atoms with van der Waals surface area (Å²) in [6, 6.07) is -0.619. The maximum atomic E-state index is 12.8. The van der Waals surface area contributed by atoms with E-state index in [-0.39, 0.29) is 36.2 Å². The molecular formula is C56H98NO7+. The lowest BCUT2D eigenvalue weighted by Gasteiger charge is -2.31. The Morgan fingerprint density at radius 2 is 0.828 bits per heavy atom. The van der Waals surface area contributed by atoms with Crippen LogP contribution in [0.15, 0.2) is 72.9 Å². The van der Waals surface area contributed by atoms with Gasteiger partial charge in [-0.15, -0.1) is 0 Å². The van der Waals surface area contributed by atoms with Gasteiger partial charge in [-0.1, -0.05) is 189 Å². The number of carbonyl (C=O) groups is 3. The van der Waals surface area contributed by atoms with E-state index in [4.69, 9.17) is 14.2 Å². The maximum absolute atomic E-state index is 12.8. The van der Waals surface area contributed by atoms with Crippen LogP contribution in [-0.2, 0) is 28.6 Å². The number of rotatable bonds is 46. The zero-order chi connectivity index (χ0) is 47.0. The summed E-state index contributed by atoms with van der Waals surface area (Å²) in [5, 5.41) is 9.66. The van der Waals surface area contributed by atoms with Gasteiger partial charge in [0, 0.05) is 19.3 Å². The molecule has 0 bridgehead atoms. The number of quaternary nitrogens is 1. The predicted octanol–water partition coefficient (Wildman–Crippen LogP) is 15.1. The normalized spacial score (nSPS) is 13.5. The lowest BCUT2D eigenvalue weighted by molar-refractivity contribution is -0.887. The zero-order valence-corrected chi connectivity index (χ0v) is 42.0. The fourth-order valence-corrected chi connectivity index (χ4v) is 7.42. The molecule has 0 heterocycles. The summed E-state index contributed by atoms with van der Waals surface area (Å²) >= 11 is 0. The van der Waals surface area contributed by atoms with E-state index in [1.54, 1.807) is 0 Å². The molecule has 2 atom stereocenters. The van der Waals surface area contributed by atoms with Crippen molar-refractivity contribution in [3.05, 3.63) is 72.9 Å². The Morgan fingerprint density at radius 3 is 1.22 bits per heavy atom. The monoisotopic (exact) mass is 897 g/mol. The van der Waals surface area contributed by atoms with Crippen LogP contribution in [0.4, 0.5) is 0 Å². The third-order valence-corrected chi connectivity index (χ3v) is 11.4. The molecule has 0 aromatic heterocycles. The third-order valence-electron chi connectivity index (χ3n) is 11.4. The highest BCUT2D eigenvalue weighted by Gasteiger charge is 2.31. The minimum Gasteiger partial charge on any atom is -0.477 e. The van der Waals surface area contributed by atoms with Gasteiger partial charge < -0.3 is 23.8 Å². The summed E-state index contributed by atoms with van der Waals surface area (Å²) < 4.78 is 17.4. The van der Waals surface area contributed by atoms with Gasteiger partial charge in [0.05, 0.1) is 34.4 Å². The zero-order valence-electron chi connectivity index (χ0n) is 42.0. The molecule has 0 aromatic rings. The molecule has 64 heavy (non-hydrogen) atoms. The maximum Gasteiger partial charge on any atom is 0.362 e. The van der Waals surface area contributed by atoms with Gasteiger partial charge >= 0.3 is 17.9 Å². The second-order valence-corrected chi connectivity index (χ2v) is 18.4. The van der Waals surface area contributed by atoms with Crippen LogP contribution in [-0.4, -0.2) is 80.6 Å². The van der Waals surface area contributed by atoms with Crippen molar-refractivity contribution in [1.82, 2.24) is 0 Å². The van der Waals surface area contributed by atoms with Crippen molar-refractivity contribution in [2.75, 3.05) is 41.0 Å². The Labute approximate surface area is 393 Å². The van der Waals surface area contributed by atoms with Crippen LogP contribution in [0.5, 0.6) is 0 Å². The largest absolute Gasteiger partial charge is 0.477 e. The fraction of sp³-hybridized carbons (Fsp3) is 0.732. The van der Waals surface area contributed by atoms with E-state index in [0.29, 0.717) is 19.3 Å². The molecule has 0 fully saturated rings. The first-order valence-electron chi connectivity index (χ1n) is 26.0. The van der Waals surface area contributed by atoms with Crippen LogP contribution in [0.3, 0.4) is 0 Å². The van der Waals surface area contributed by atoms with Crippen molar-refractivity contribution in [3.8, 4) is 0 Å². The molecule has 0 aliphatic carbocycles. The Morgan fingerprint density at radius 1 is 0.469 bits per heavy atom. The Bertz CT molecular complexity index is 1270. The molecule has 0 aromatic carbocycles. The molecule has 1 N–H and O–H groups in total. The molecular weight excluding hydrogens is 799 g/mol. The highest BCUT2D eigenvalue weighted by Crippen LogP contribution is 2.15. The smallest absolute Gasteiger partial charge is 0.362 e. The van der Waals surface area contributed by atoms with Crippen molar-refractivity contribution >= 4 is 17.9 Å². The number of carbonyl (C=O) groups excluding carboxylic acids is 2. The van der Waals surface area contributed by atoms with Gasteiger partial charge in [-0.2, -0.15) is 0 Å². The number of allylic oxidation sites excluding steroid dienone is 12. The molecule has 0 saturated heterocycles. The van der Waals surface area contributed by atoms with Crippen LogP contribution in [0, 0.1) is 0 Å². The van der Waals surface area contributed by atoms with Crippen molar-refractivity contribution in [1.29, 1.82) is 0 Å². The van der Waals surface area contributed by atoms with E-state index < -0.39 is 18.1 Å². The Hall–Kier alpha value is -3.23. The number of hydrogen-bond acceptors (Lipinski definition) is 6. The van der Waals surface area contributed by atoms with Crippen LogP contribution in [0.25, 0.3) is 0 Å². The minimum atomic E-state index is -0.877. The van der Waals surface area contributed by atoms with E-state index in [0.717, 1.165) is 77.0 Å². The highest BCUT2D eigenvalue weighted by molar-refractivity contribution is 5.72. The first-order chi connectivity index (χ1) is 31.1. The van der Waals surface area contributed by atoms with E-state index >= 15 is 0 Å². The predicted molar refractivity (Wildman–Crippen MR) is 270 cm³/mol. The van der Waals surface area contributed by atoms with Gasteiger partial charge in [-0.25, -0.2) is 4.79 Å². The number of aliphatic carboxylic acids is 1. The van der Waals surface area contributed by atoms with Gasteiger partial charge in [0.1, 0.15) is 6.61 Å². The van der Waals surface area contributed by atoms with Crippen molar-refractivity contribution < 1.29 is 38.2 Å². The molecule has 8 heteroatoms. The summed E-state index contributed by atoms with van der Waals surface area (Å²) in [5.74, 6) is -1.48. The van der Waals surface area contributed by atoms with E-state index in [1.807, 2.05) is 21.1 Å². The highest BCUT2D eigenvalue weighted by atomic mass is 16.6. The SMILES string of the molecule is CC/C=C/C/C=C/C/C=C/CCCCCCCCCCCCC(=O)OCC(COCCC(C(=O)O)[N+](C)(C)C)OC(=O)CCCCCCCCCCCC/C=C/C/C=C/C/C=C/CC. The average molecular weight is 897 g/mol. The van der Waals surface area contributed by atoms with Gasteiger partial charge in [0.25, 0.3) is 0 Å². The van der Waals surface area contributed by atoms with E-state index in [1.165, 1.54) is 103 Å².